The second-order valence-electron chi connectivity index (χ2n) is 8.31. The molecule has 3 N–H and O–H groups in total. The maximum atomic E-state index is 13.7. The number of carbonyl (C=O) groups is 1. The largest absolute Gasteiger partial charge is 0.465 e. The standard InChI is InChI=1S/C25H22N6O4/c26-14-16-3-7-19(8-4-16)35-20-9-5-17(6-10-20)31-22-21(11-12-28-23(22)27)30(24(31)32)18-2-1-13-29(15-18)25(33)34/h3-12,18H,1-2,13,15H2,(H2,27,28)(H,33,34). The molecule has 1 aliphatic rings. The first-order valence-corrected chi connectivity index (χ1v) is 11.1. The van der Waals surface area contributed by atoms with Gasteiger partial charge >= 0.3 is 11.8 Å². The lowest BCUT2D eigenvalue weighted by Gasteiger charge is -2.31. The molecular formula is C25H22N6O4. The van der Waals surface area contributed by atoms with Crippen LogP contribution in [0.1, 0.15) is 24.4 Å². The molecule has 4 aromatic rings. The number of piperidine rings is 1. The number of rotatable bonds is 4. The van der Waals surface area contributed by atoms with Crippen LogP contribution in [0.5, 0.6) is 11.5 Å². The van der Waals surface area contributed by atoms with Crippen molar-refractivity contribution in [2.75, 3.05) is 18.8 Å². The van der Waals surface area contributed by atoms with E-state index in [-0.39, 0.29) is 24.1 Å². The van der Waals surface area contributed by atoms with Crippen molar-refractivity contribution in [3.63, 3.8) is 0 Å². The maximum Gasteiger partial charge on any atom is 0.407 e. The van der Waals surface area contributed by atoms with Crippen molar-refractivity contribution in [2.45, 2.75) is 18.9 Å². The molecule has 3 heterocycles. The average molecular weight is 470 g/mol. The van der Waals surface area contributed by atoms with Gasteiger partial charge in [0, 0.05) is 19.3 Å². The molecule has 2 aromatic carbocycles. The molecular weight excluding hydrogens is 448 g/mol. The fourth-order valence-electron chi connectivity index (χ4n) is 4.52. The van der Waals surface area contributed by atoms with E-state index in [2.05, 4.69) is 11.1 Å². The lowest BCUT2D eigenvalue weighted by Crippen LogP contribution is -2.42. The van der Waals surface area contributed by atoms with Gasteiger partial charge in [0.1, 0.15) is 22.8 Å². The zero-order valence-corrected chi connectivity index (χ0v) is 18.7. The summed E-state index contributed by atoms with van der Waals surface area (Å²) in [7, 11) is 0. The highest BCUT2D eigenvalue weighted by Gasteiger charge is 2.29. The number of nitrogens with zero attached hydrogens (tertiary/aromatic N) is 5. The molecule has 10 heteroatoms. The van der Waals surface area contributed by atoms with E-state index in [4.69, 9.17) is 15.7 Å². The van der Waals surface area contributed by atoms with Crippen LogP contribution in [0.25, 0.3) is 16.7 Å². The third-order valence-electron chi connectivity index (χ3n) is 6.16. The van der Waals surface area contributed by atoms with Crippen LogP contribution < -0.4 is 16.2 Å². The molecule has 0 bridgehead atoms. The molecule has 1 aliphatic heterocycles. The lowest BCUT2D eigenvalue weighted by atomic mass is 10.1. The van der Waals surface area contributed by atoms with Crippen LogP contribution in [-0.4, -0.2) is 43.3 Å². The number of benzene rings is 2. The van der Waals surface area contributed by atoms with Crippen molar-refractivity contribution in [2.24, 2.45) is 0 Å². The van der Waals surface area contributed by atoms with Gasteiger partial charge in [0.25, 0.3) is 0 Å². The van der Waals surface area contributed by atoms with E-state index < -0.39 is 6.09 Å². The molecule has 0 aliphatic carbocycles. The molecule has 5 rings (SSSR count). The minimum Gasteiger partial charge on any atom is -0.465 e. The lowest BCUT2D eigenvalue weighted by molar-refractivity contribution is 0.121. The van der Waals surface area contributed by atoms with Gasteiger partial charge in [-0.1, -0.05) is 0 Å². The molecule has 1 amide bonds. The molecule has 0 radical (unpaired) electrons. The Hall–Kier alpha value is -4.78. The Morgan fingerprint density at radius 1 is 1.11 bits per heavy atom. The van der Waals surface area contributed by atoms with Crippen LogP contribution in [0.4, 0.5) is 10.6 Å². The first-order valence-electron chi connectivity index (χ1n) is 11.1. The monoisotopic (exact) mass is 470 g/mol. The van der Waals surface area contributed by atoms with Crippen LogP contribution in [0, 0.1) is 11.3 Å². The fourth-order valence-corrected chi connectivity index (χ4v) is 4.52. The predicted octanol–water partition coefficient (Wildman–Crippen LogP) is 3.75. The number of hydrogen-bond acceptors (Lipinski definition) is 6. The van der Waals surface area contributed by atoms with E-state index in [0.717, 1.165) is 0 Å². The van der Waals surface area contributed by atoms with Crippen molar-refractivity contribution in [3.8, 4) is 23.3 Å². The number of aromatic nitrogens is 3. The second-order valence-corrected chi connectivity index (χ2v) is 8.31. The first kappa shape index (κ1) is 22.0. The van der Waals surface area contributed by atoms with Crippen molar-refractivity contribution in [3.05, 3.63) is 76.8 Å². The van der Waals surface area contributed by atoms with E-state index in [9.17, 15) is 14.7 Å². The summed E-state index contributed by atoms with van der Waals surface area (Å²) in [5, 5.41) is 18.4. The molecule has 35 heavy (non-hydrogen) atoms. The minimum atomic E-state index is -0.995. The molecule has 1 saturated heterocycles. The number of fused-ring (bicyclic) bond motifs is 1. The number of hydrogen-bond donors (Lipinski definition) is 2. The van der Waals surface area contributed by atoms with Crippen molar-refractivity contribution < 1.29 is 14.6 Å². The second kappa shape index (κ2) is 8.87. The van der Waals surface area contributed by atoms with Crippen LogP contribution in [0.2, 0.25) is 0 Å². The highest BCUT2D eigenvalue weighted by Crippen LogP contribution is 2.29. The van der Waals surface area contributed by atoms with Gasteiger partial charge in [0.05, 0.1) is 28.9 Å². The van der Waals surface area contributed by atoms with E-state index >= 15 is 0 Å². The summed E-state index contributed by atoms with van der Waals surface area (Å²) in [6.07, 6.45) is 1.90. The van der Waals surface area contributed by atoms with Gasteiger partial charge in [0.2, 0.25) is 0 Å². The summed E-state index contributed by atoms with van der Waals surface area (Å²) in [6, 6.07) is 17.2. The maximum absolute atomic E-state index is 13.7. The highest BCUT2D eigenvalue weighted by molar-refractivity contribution is 5.87. The number of anilines is 1. The van der Waals surface area contributed by atoms with Crippen LogP contribution in [-0.2, 0) is 0 Å². The minimum absolute atomic E-state index is 0.210. The molecule has 0 spiro atoms. The normalized spacial score (nSPS) is 15.6. The van der Waals surface area contributed by atoms with E-state index in [1.165, 1.54) is 9.47 Å². The van der Waals surface area contributed by atoms with Crippen molar-refractivity contribution in [1.29, 1.82) is 5.26 Å². The molecule has 176 valence electrons. The Labute approximate surface area is 200 Å². The number of pyridine rings is 1. The fraction of sp³-hybridized carbons (Fsp3) is 0.200. The Bertz CT molecular complexity index is 1500. The first-order chi connectivity index (χ1) is 17.0. The topological polar surface area (TPSA) is 139 Å². The highest BCUT2D eigenvalue weighted by atomic mass is 16.5. The number of amides is 1. The summed E-state index contributed by atoms with van der Waals surface area (Å²) in [5.74, 6) is 1.35. The summed E-state index contributed by atoms with van der Waals surface area (Å²) >= 11 is 0. The van der Waals surface area contributed by atoms with Gasteiger partial charge in [-0.2, -0.15) is 5.26 Å². The Balaban J connectivity index is 1.53. The SMILES string of the molecule is N#Cc1ccc(Oc2ccc(-n3c(=O)n(C4CCCN(C(=O)O)C4)c4ccnc(N)c43)cc2)cc1. The molecule has 1 unspecified atom stereocenters. The Kier molecular flexibility index (Phi) is 5.58. The smallest absolute Gasteiger partial charge is 0.407 e. The number of nitrogens with two attached hydrogens (primary N) is 1. The van der Waals surface area contributed by atoms with Gasteiger partial charge in [0.15, 0.2) is 0 Å². The van der Waals surface area contributed by atoms with Crippen LogP contribution >= 0.6 is 0 Å². The van der Waals surface area contributed by atoms with E-state index in [1.807, 2.05) is 0 Å². The zero-order valence-electron chi connectivity index (χ0n) is 18.7. The predicted molar refractivity (Wildman–Crippen MR) is 129 cm³/mol. The van der Waals surface area contributed by atoms with Gasteiger partial charge in [-0.3, -0.25) is 9.13 Å². The summed E-state index contributed by atoms with van der Waals surface area (Å²) in [5.41, 5.74) is 8.10. The number of likely N-dealkylation sites (tertiary alicyclic amines) is 1. The zero-order chi connectivity index (χ0) is 24.5. The van der Waals surface area contributed by atoms with Crippen LogP contribution in [0.3, 0.4) is 0 Å². The van der Waals surface area contributed by atoms with Crippen molar-refractivity contribution in [1.82, 2.24) is 19.0 Å². The average Bonchev–Trinajstić information content (AvgIpc) is 3.18. The third kappa shape index (κ3) is 4.04. The molecule has 1 atom stereocenters. The quantitative estimate of drug-likeness (QED) is 0.463. The number of nitrogen functional groups attached to an aromatic ring is 1. The number of imidazole rings is 1. The number of carboxylic acid groups (broad SMARTS) is 1. The van der Waals surface area contributed by atoms with Crippen molar-refractivity contribution >= 4 is 22.9 Å². The Morgan fingerprint density at radius 2 is 1.80 bits per heavy atom. The van der Waals surface area contributed by atoms with Gasteiger partial charge < -0.3 is 20.5 Å². The van der Waals surface area contributed by atoms with Crippen LogP contribution in [0.15, 0.2) is 65.6 Å². The number of nitriles is 1. The molecule has 1 fully saturated rings. The van der Waals surface area contributed by atoms with Gasteiger partial charge in [-0.15, -0.1) is 0 Å². The third-order valence-corrected chi connectivity index (χ3v) is 6.16. The summed E-state index contributed by atoms with van der Waals surface area (Å²) in [6.45, 7) is 0.678. The van der Waals surface area contributed by atoms with Gasteiger partial charge in [-0.25, -0.2) is 14.6 Å². The molecule has 10 nitrogen and oxygen atoms in total. The summed E-state index contributed by atoms with van der Waals surface area (Å²) < 4.78 is 8.98. The molecule has 2 aromatic heterocycles. The van der Waals surface area contributed by atoms with Gasteiger partial charge in [-0.05, 0) is 67.4 Å². The number of ether oxygens (including phenoxy) is 1. The molecule has 0 saturated carbocycles. The summed E-state index contributed by atoms with van der Waals surface area (Å²) in [4.78, 5) is 30.7. The van der Waals surface area contributed by atoms with E-state index in [1.54, 1.807) is 65.4 Å². The Morgan fingerprint density at radius 3 is 2.46 bits per heavy atom. The van der Waals surface area contributed by atoms with E-state index in [0.29, 0.717) is 53.2 Å².